The van der Waals surface area contributed by atoms with E-state index in [1.807, 2.05) is 4.90 Å². The summed E-state index contributed by atoms with van der Waals surface area (Å²) in [6.45, 7) is 10.3. The van der Waals surface area contributed by atoms with Gasteiger partial charge in [-0.2, -0.15) is 0 Å². The Kier molecular flexibility index (Phi) is 5.41. The Bertz CT molecular complexity index is 635. The second kappa shape index (κ2) is 7.92. The lowest BCUT2D eigenvalue weighted by molar-refractivity contribution is -0.127. The number of aryl methyl sites for hydroxylation is 1. The molecule has 0 spiro atoms. The Morgan fingerprint density at radius 1 is 1.12 bits per heavy atom. The molecule has 142 valence electrons. The first kappa shape index (κ1) is 17.7. The summed E-state index contributed by atoms with van der Waals surface area (Å²) in [4.78, 5) is 23.5. The summed E-state index contributed by atoms with van der Waals surface area (Å²) < 4.78 is 0. The minimum atomic E-state index is 0.337. The molecule has 1 unspecified atom stereocenters. The van der Waals surface area contributed by atoms with Crippen molar-refractivity contribution in [3.05, 3.63) is 23.5 Å². The molecular weight excluding hydrogens is 326 g/mol. The van der Waals surface area contributed by atoms with Gasteiger partial charge in [-0.15, -0.1) is 0 Å². The zero-order valence-corrected chi connectivity index (χ0v) is 15.9. The van der Waals surface area contributed by atoms with Crippen LogP contribution in [0.2, 0.25) is 0 Å². The van der Waals surface area contributed by atoms with Gasteiger partial charge in [-0.1, -0.05) is 0 Å². The third-order valence-corrected chi connectivity index (χ3v) is 5.97. The van der Waals surface area contributed by atoms with Gasteiger partial charge in [-0.05, 0) is 44.9 Å². The fraction of sp³-hybridized carbons (Fsp3) is 0.700. The van der Waals surface area contributed by atoms with E-state index in [1.54, 1.807) is 0 Å². The molecular formula is C20H31N5O. The molecule has 0 bridgehead atoms. The first-order valence-corrected chi connectivity index (χ1v) is 10.2. The number of hydrogen-bond donors (Lipinski definition) is 1. The highest BCUT2D eigenvalue weighted by Gasteiger charge is 2.24. The van der Waals surface area contributed by atoms with E-state index >= 15 is 0 Å². The lowest BCUT2D eigenvalue weighted by Crippen LogP contribution is -2.48. The molecule has 0 aromatic carbocycles. The summed E-state index contributed by atoms with van der Waals surface area (Å²) in [6, 6.07) is 4.93. The number of aromatic nitrogens is 1. The van der Waals surface area contributed by atoms with E-state index in [4.69, 9.17) is 4.98 Å². The standard InChI is InChI=1S/C20H31N5O/c1-16-14-17(15-19(22-16)18-4-2-6-21-18)24-11-8-23(9-12-24)10-13-25-7-3-5-20(25)26/h14-15,18,21H,2-13H2,1H3. The highest BCUT2D eigenvalue weighted by Crippen LogP contribution is 2.26. The fourth-order valence-electron chi connectivity index (χ4n) is 4.41. The van der Waals surface area contributed by atoms with Crippen LogP contribution in [0, 0.1) is 6.92 Å². The SMILES string of the molecule is Cc1cc(N2CCN(CCN3CCCC3=O)CC2)cc(C2CCCN2)n1. The Hall–Kier alpha value is -1.66. The van der Waals surface area contributed by atoms with Crippen LogP contribution in [0.25, 0.3) is 0 Å². The maximum atomic E-state index is 11.7. The molecule has 3 aliphatic heterocycles. The van der Waals surface area contributed by atoms with Gasteiger partial charge in [0.15, 0.2) is 0 Å². The first-order chi connectivity index (χ1) is 12.7. The van der Waals surface area contributed by atoms with Crippen LogP contribution in [0.15, 0.2) is 12.1 Å². The van der Waals surface area contributed by atoms with E-state index in [0.29, 0.717) is 11.9 Å². The summed E-state index contributed by atoms with van der Waals surface area (Å²) in [6.07, 6.45) is 4.21. The number of amides is 1. The highest BCUT2D eigenvalue weighted by molar-refractivity contribution is 5.78. The predicted octanol–water partition coefficient (Wildman–Crippen LogP) is 1.56. The van der Waals surface area contributed by atoms with Gasteiger partial charge < -0.3 is 15.1 Å². The zero-order valence-electron chi connectivity index (χ0n) is 15.9. The molecule has 0 radical (unpaired) electrons. The maximum Gasteiger partial charge on any atom is 0.222 e. The Balaban J connectivity index is 1.32. The van der Waals surface area contributed by atoms with Crippen molar-refractivity contribution in [1.82, 2.24) is 20.1 Å². The number of nitrogens with zero attached hydrogens (tertiary/aromatic N) is 4. The van der Waals surface area contributed by atoms with Crippen LogP contribution in [0.5, 0.6) is 0 Å². The molecule has 26 heavy (non-hydrogen) atoms. The zero-order chi connectivity index (χ0) is 17.9. The minimum absolute atomic E-state index is 0.337. The predicted molar refractivity (Wildman–Crippen MR) is 103 cm³/mol. The number of pyridine rings is 1. The van der Waals surface area contributed by atoms with Crippen molar-refractivity contribution in [2.75, 3.05) is 57.3 Å². The van der Waals surface area contributed by atoms with Crippen LogP contribution in [-0.2, 0) is 4.79 Å². The van der Waals surface area contributed by atoms with Crippen molar-refractivity contribution < 1.29 is 4.79 Å². The van der Waals surface area contributed by atoms with Gasteiger partial charge in [0.2, 0.25) is 5.91 Å². The maximum absolute atomic E-state index is 11.7. The second-order valence-corrected chi connectivity index (χ2v) is 7.85. The van der Waals surface area contributed by atoms with Gasteiger partial charge in [0.05, 0.1) is 5.69 Å². The van der Waals surface area contributed by atoms with Crippen molar-refractivity contribution in [2.45, 2.75) is 38.6 Å². The van der Waals surface area contributed by atoms with E-state index < -0.39 is 0 Å². The molecule has 1 aromatic rings. The number of anilines is 1. The van der Waals surface area contributed by atoms with Crippen molar-refractivity contribution >= 4 is 11.6 Å². The Morgan fingerprint density at radius 3 is 2.65 bits per heavy atom. The third kappa shape index (κ3) is 4.01. The van der Waals surface area contributed by atoms with Gasteiger partial charge in [0.1, 0.15) is 0 Å². The monoisotopic (exact) mass is 357 g/mol. The summed E-state index contributed by atoms with van der Waals surface area (Å²) in [5, 5.41) is 3.56. The lowest BCUT2D eigenvalue weighted by Gasteiger charge is -2.37. The van der Waals surface area contributed by atoms with Crippen molar-refractivity contribution in [1.29, 1.82) is 0 Å². The fourth-order valence-corrected chi connectivity index (χ4v) is 4.41. The van der Waals surface area contributed by atoms with Gasteiger partial charge in [-0.3, -0.25) is 14.7 Å². The summed E-state index contributed by atoms with van der Waals surface area (Å²) in [5.74, 6) is 0.337. The van der Waals surface area contributed by atoms with E-state index in [9.17, 15) is 4.79 Å². The molecule has 4 heterocycles. The number of piperazine rings is 1. The van der Waals surface area contributed by atoms with E-state index in [0.717, 1.165) is 70.9 Å². The largest absolute Gasteiger partial charge is 0.369 e. The number of carbonyl (C=O) groups is 1. The third-order valence-electron chi connectivity index (χ3n) is 5.97. The van der Waals surface area contributed by atoms with Gasteiger partial charge in [0.25, 0.3) is 0 Å². The average Bonchev–Trinajstić information content (AvgIpc) is 3.32. The number of hydrogen-bond acceptors (Lipinski definition) is 5. The topological polar surface area (TPSA) is 51.7 Å². The van der Waals surface area contributed by atoms with E-state index in [2.05, 4.69) is 34.2 Å². The van der Waals surface area contributed by atoms with E-state index in [-0.39, 0.29) is 0 Å². The molecule has 1 amide bonds. The summed E-state index contributed by atoms with van der Waals surface area (Å²) in [7, 11) is 0. The van der Waals surface area contributed by atoms with Crippen molar-refractivity contribution in [3.8, 4) is 0 Å². The van der Waals surface area contributed by atoms with Crippen LogP contribution in [0.4, 0.5) is 5.69 Å². The van der Waals surface area contributed by atoms with Crippen LogP contribution >= 0.6 is 0 Å². The van der Waals surface area contributed by atoms with Crippen LogP contribution < -0.4 is 10.2 Å². The molecule has 0 saturated carbocycles. The molecule has 6 heteroatoms. The molecule has 3 saturated heterocycles. The molecule has 6 nitrogen and oxygen atoms in total. The van der Waals surface area contributed by atoms with Crippen molar-refractivity contribution in [2.24, 2.45) is 0 Å². The van der Waals surface area contributed by atoms with Gasteiger partial charge in [-0.25, -0.2) is 0 Å². The molecule has 3 aliphatic rings. The van der Waals surface area contributed by atoms with Crippen molar-refractivity contribution in [3.63, 3.8) is 0 Å². The number of nitrogens with one attached hydrogen (secondary N) is 1. The van der Waals surface area contributed by atoms with Gasteiger partial charge >= 0.3 is 0 Å². The van der Waals surface area contributed by atoms with Gasteiger partial charge in [0, 0.05) is 69.7 Å². The Labute approximate surface area is 156 Å². The van der Waals surface area contributed by atoms with Crippen LogP contribution in [-0.4, -0.2) is 73.0 Å². The molecule has 1 aromatic heterocycles. The molecule has 0 aliphatic carbocycles. The number of rotatable bonds is 5. The number of carbonyl (C=O) groups excluding carboxylic acids is 1. The van der Waals surface area contributed by atoms with Crippen LogP contribution in [0.1, 0.15) is 43.1 Å². The molecule has 3 fully saturated rings. The molecule has 1 atom stereocenters. The summed E-state index contributed by atoms with van der Waals surface area (Å²) >= 11 is 0. The Morgan fingerprint density at radius 2 is 1.96 bits per heavy atom. The van der Waals surface area contributed by atoms with Crippen LogP contribution in [0.3, 0.4) is 0 Å². The molecule has 4 rings (SSSR count). The average molecular weight is 358 g/mol. The first-order valence-electron chi connectivity index (χ1n) is 10.2. The second-order valence-electron chi connectivity index (χ2n) is 7.85. The smallest absolute Gasteiger partial charge is 0.222 e. The minimum Gasteiger partial charge on any atom is -0.369 e. The number of likely N-dealkylation sites (tertiary alicyclic amines) is 1. The van der Waals surface area contributed by atoms with E-state index in [1.165, 1.54) is 24.2 Å². The highest BCUT2D eigenvalue weighted by atomic mass is 16.2. The summed E-state index contributed by atoms with van der Waals surface area (Å²) in [5.41, 5.74) is 3.63. The quantitative estimate of drug-likeness (QED) is 0.867. The normalized spacial score (nSPS) is 24.7. The molecule has 1 N–H and O–H groups in total. The lowest BCUT2D eigenvalue weighted by atomic mass is 10.1.